The molecule has 6 nitrogen and oxygen atoms in total. The Kier molecular flexibility index (Phi) is 6.42. The third kappa shape index (κ3) is 4.75. The molecule has 32 heavy (non-hydrogen) atoms. The van der Waals surface area contributed by atoms with Crippen LogP contribution in [0.1, 0.15) is 37.3 Å². The number of halogens is 1. The van der Waals surface area contributed by atoms with Crippen molar-refractivity contribution in [1.29, 1.82) is 0 Å². The Morgan fingerprint density at radius 1 is 1.09 bits per heavy atom. The molecule has 2 heterocycles. The second-order valence-electron chi connectivity index (χ2n) is 8.05. The van der Waals surface area contributed by atoms with Crippen molar-refractivity contribution in [1.82, 2.24) is 19.5 Å². The number of nitrogens with one attached hydrogen (secondary N) is 1. The van der Waals surface area contributed by atoms with Crippen molar-refractivity contribution >= 4 is 23.0 Å². The Labute approximate surface area is 191 Å². The molecule has 2 aromatic carbocycles. The van der Waals surface area contributed by atoms with Gasteiger partial charge in [-0.3, -0.25) is 9.59 Å². The molecule has 4 aromatic rings. The van der Waals surface area contributed by atoms with Crippen LogP contribution in [0.3, 0.4) is 0 Å². The van der Waals surface area contributed by atoms with E-state index >= 15 is 0 Å². The molecule has 0 saturated heterocycles. The van der Waals surface area contributed by atoms with E-state index in [9.17, 15) is 9.59 Å². The van der Waals surface area contributed by atoms with E-state index in [0.717, 1.165) is 16.8 Å². The average molecular weight is 449 g/mol. The van der Waals surface area contributed by atoms with Gasteiger partial charge in [0.1, 0.15) is 5.52 Å². The smallest absolute Gasteiger partial charge is 0.276 e. The molecule has 0 aliphatic heterocycles. The Balaban J connectivity index is 1.45. The number of carbonyl (C=O) groups excluding carboxylic acids is 1. The molecule has 0 bridgehead atoms. The number of nitrogens with zero attached hydrogens (tertiary/aromatic N) is 3. The molecule has 2 aromatic heterocycles. The summed E-state index contributed by atoms with van der Waals surface area (Å²) in [5, 5.41) is 8.00. The van der Waals surface area contributed by atoms with Crippen molar-refractivity contribution in [3.05, 3.63) is 93.5 Å². The predicted molar refractivity (Wildman–Crippen MR) is 127 cm³/mol. The van der Waals surface area contributed by atoms with Crippen LogP contribution in [0.5, 0.6) is 0 Å². The molecule has 0 unspecified atom stereocenters. The van der Waals surface area contributed by atoms with Gasteiger partial charge in [0.15, 0.2) is 0 Å². The topological polar surface area (TPSA) is 68.4 Å². The van der Waals surface area contributed by atoms with E-state index in [1.54, 1.807) is 29.0 Å². The largest absolute Gasteiger partial charge is 0.352 e. The first-order valence-corrected chi connectivity index (χ1v) is 11.0. The molecular formula is C25H25ClN4O2. The van der Waals surface area contributed by atoms with E-state index in [2.05, 4.69) is 36.4 Å². The zero-order valence-electron chi connectivity index (χ0n) is 18.1. The van der Waals surface area contributed by atoms with Crippen LogP contribution in [0.25, 0.3) is 16.8 Å². The summed E-state index contributed by atoms with van der Waals surface area (Å²) >= 11 is 6.12. The summed E-state index contributed by atoms with van der Waals surface area (Å²) in [6.45, 7) is 4.94. The van der Waals surface area contributed by atoms with Gasteiger partial charge in [-0.25, -0.2) is 4.52 Å². The minimum Gasteiger partial charge on any atom is -0.352 e. The SMILES string of the molecule is CC(C)c1ccc(-c2cc3c(=O)n(CCC(=O)NCc4ccccc4Cl)ccn3n2)cc1. The summed E-state index contributed by atoms with van der Waals surface area (Å²) in [7, 11) is 0. The highest BCUT2D eigenvalue weighted by Gasteiger charge is 2.11. The lowest BCUT2D eigenvalue weighted by Crippen LogP contribution is -2.27. The van der Waals surface area contributed by atoms with Crippen LogP contribution in [0.2, 0.25) is 5.02 Å². The number of hydrogen-bond acceptors (Lipinski definition) is 3. The number of amides is 1. The van der Waals surface area contributed by atoms with Gasteiger partial charge < -0.3 is 9.88 Å². The van der Waals surface area contributed by atoms with E-state index in [1.165, 1.54) is 10.1 Å². The number of fused-ring (bicyclic) bond motifs is 1. The molecule has 1 amide bonds. The third-order valence-electron chi connectivity index (χ3n) is 5.49. The first kappa shape index (κ1) is 21.8. The molecular weight excluding hydrogens is 424 g/mol. The van der Waals surface area contributed by atoms with Gasteiger partial charge in [0, 0.05) is 42.5 Å². The van der Waals surface area contributed by atoms with E-state index in [-0.39, 0.29) is 24.4 Å². The number of aromatic nitrogens is 3. The molecule has 4 rings (SSSR count). The maximum absolute atomic E-state index is 12.9. The fourth-order valence-electron chi connectivity index (χ4n) is 3.53. The van der Waals surface area contributed by atoms with Crippen LogP contribution in [0.15, 0.2) is 71.8 Å². The first-order chi connectivity index (χ1) is 15.4. The van der Waals surface area contributed by atoms with Crippen molar-refractivity contribution in [3.63, 3.8) is 0 Å². The van der Waals surface area contributed by atoms with Crippen molar-refractivity contribution in [2.75, 3.05) is 0 Å². The van der Waals surface area contributed by atoms with Gasteiger partial charge in [-0.15, -0.1) is 0 Å². The maximum Gasteiger partial charge on any atom is 0.276 e. The van der Waals surface area contributed by atoms with Gasteiger partial charge in [-0.2, -0.15) is 5.10 Å². The van der Waals surface area contributed by atoms with Crippen molar-refractivity contribution in [2.24, 2.45) is 0 Å². The summed E-state index contributed by atoms with van der Waals surface area (Å²) in [6, 6.07) is 17.4. The van der Waals surface area contributed by atoms with Gasteiger partial charge in [0.05, 0.1) is 5.69 Å². The molecule has 164 valence electrons. The summed E-state index contributed by atoms with van der Waals surface area (Å²) in [5.74, 6) is 0.315. The molecule has 1 N–H and O–H groups in total. The van der Waals surface area contributed by atoms with Crippen molar-refractivity contribution in [3.8, 4) is 11.3 Å². The molecule has 7 heteroatoms. The maximum atomic E-state index is 12.9. The fourth-order valence-corrected chi connectivity index (χ4v) is 3.73. The van der Waals surface area contributed by atoms with Gasteiger partial charge in [-0.1, -0.05) is 67.9 Å². The van der Waals surface area contributed by atoms with Crippen LogP contribution in [-0.4, -0.2) is 20.1 Å². The highest BCUT2D eigenvalue weighted by Crippen LogP contribution is 2.22. The van der Waals surface area contributed by atoms with E-state index < -0.39 is 0 Å². The second-order valence-corrected chi connectivity index (χ2v) is 8.46. The number of benzene rings is 2. The monoisotopic (exact) mass is 448 g/mol. The van der Waals surface area contributed by atoms with E-state index in [4.69, 9.17) is 11.6 Å². The third-order valence-corrected chi connectivity index (χ3v) is 5.86. The molecule has 0 atom stereocenters. The Hall–Kier alpha value is -3.38. The molecule has 0 saturated carbocycles. The highest BCUT2D eigenvalue weighted by atomic mass is 35.5. The Morgan fingerprint density at radius 2 is 1.84 bits per heavy atom. The minimum atomic E-state index is -0.177. The lowest BCUT2D eigenvalue weighted by molar-refractivity contribution is -0.121. The van der Waals surface area contributed by atoms with Crippen LogP contribution in [-0.2, 0) is 17.9 Å². The summed E-state index contributed by atoms with van der Waals surface area (Å²) in [4.78, 5) is 25.2. The fraction of sp³-hybridized carbons (Fsp3) is 0.240. The van der Waals surface area contributed by atoms with Gasteiger partial charge in [-0.05, 0) is 29.2 Å². The number of hydrogen-bond donors (Lipinski definition) is 1. The quantitative estimate of drug-likeness (QED) is 0.447. The van der Waals surface area contributed by atoms with Crippen LogP contribution in [0, 0.1) is 0 Å². The minimum absolute atomic E-state index is 0.142. The Bertz CT molecular complexity index is 1310. The van der Waals surface area contributed by atoms with Crippen LogP contribution >= 0.6 is 11.6 Å². The van der Waals surface area contributed by atoms with E-state index in [1.807, 2.05) is 30.3 Å². The summed E-state index contributed by atoms with van der Waals surface area (Å²) < 4.78 is 3.12. The van der Waals surface area contributed by atoms with Gasteiger partial charge in [0.25, 0.3) is 5.56 Å². The average Bonchev–Trinajstić information content (AvgIpc) is 3.23. The Morgan fingerprint density at radius 3 is 2.56 bits per heavy atom. The van der Waals surface area contributed by atoms with Gasteiger partial charge >= 0.3 is 0 Å². The molecule has 0 fully saturated rings. The number of aryl methyl sites for hydroxylation is 1. The van der Waals surface area contributed by atoms with Crippen LogP contribution in [0.4, 0.5) is 0 Å². The summed E-state index contributed by atoms with van der Waals surface area (Å²) in [5.41, 5.74) is 4.12. The highest BCUT2D eigenvalue weighted by molar-refractivity contribution is 6.31. The second kappa shape index (κ2) is 9.40. The molecule has 0 spiro atoms. The molecule has 0 aliphatic rings. The molecule has 0 aliphatic carbocycles. The predicted octanol–water partition coefficient (Wildman–Crippen LogP) is 4.65. The normalized spacial score (nSPS) is 11.2. The van der Waals surface area contributed by atoms with Crippen LogP contribution < -0.4 is 10.9 Å². The lowest BCUT2D eigenvalue weighted by atomic mass is 10.0. The zero-order chi connectivity index (χ0) is 22.7. The number of rotatable bonds is 7. The summed E-state index contributed by atoms with van der Waals surface area (Å²) in [6.07, 6.45) is 3.60. The van der Waals surface area contributed by atoms with Crippen molar-refractivity contribution in [2.45, 2.75) is 39.3 Å². The zero-order valence-corrected chi connectivity index (χ0v) is 18.8. The molecule has 0 radical (unpaired) electrons. The van der Waals surface area contributed by atoms with E-state index in [0.29, 0.717) is 23.0 Å². The lowest BCUT2D eigenvalue weighted by Gasteiger charge is -2.08. The number of carbonyl (C=O) groups is 1. The standard InChI is InChI=1S/C25H25ClN4O2/c1-17(2)18-7-9-19(10-8-18)22-15-23-25(32)29(13-14-30(23)28-22)12-11-24(31)27-16-20-5-3-4-6-21(20)26/h3-10,13-15,17H,11-12,16H2,1-2H3,(H,27,31). The van der Waals surface area contributed by atoms with Gasteiger partial charge in [0.2, 0.25) is 5.91 Å². The first-order valence-electron chi connectivity index (χ1n) is 10.6. The van der Waals surface area contributed by atoms with Crippen molar-refractivity contribution < 1.29 is 4.79 Å².